The van der Waals surface area contributed by atoms with Crippen LogP contribution in [0, 0.1) is 11.8 Å². The van der Waals surface area contributed by atoms with Crippen LogP contribution in [-0.2, 0) is 16.1 Å². The Balaban J connectivity index is 1.78. The molecule has 0 saturated heterocycles. The van der Waals surface area contributed by atoms with Crippen LogP contribution < -0.4 is 10.6 Å². The van der Waals surface area contributed by atoms with Gasteiger partial charge in [-0.1, -0.05) is 25.5 Å². The molecule has 0 radical (unpaired) electrons. The number of nitrogens with one attached hydrogen (secondary N) is 2. The predicted octanol–water partition coefficient (Wildman–Crippen LogP) is 1.55. The smallest absolute Gasteiger partial charge is 0.307 e. The minimum Gasteiger partial charge on any atom is -0.481 e. The lowest BCUT2D eigenvalue weighted by molar-refractivity contribution is -0.140. The Kier molecular flexibility index (Phi) is 5.73. The van der Waals surface area contributed by atoms with Gasteiger partial charge in [0.05, 0.1) is 11.8 Å². The lowest BCUT2D eigenvalue weighted by Crippen LogP contribution is -2.26. The van der Waals surface area contributed by atoms with Crippen molar-refractivity contribution in [1.29, 1.82) is 0 Å². The minimum atomic E-state index is -0.913. The lowest BCUT2D eigenvalue weighted by Gasteiger charge is -2.07. The molecule has 0 aliphatic heterocycles. The summed E-state index contributed by atoms with van der Waals surface area (Å²) < 4.78 is 0. The van der Waals surface area contributed by atoms with Crippen LogP contribution in [0.5, 0.6) is 0 Å². The zero-order valence-electron chi connectivity index (χ0n) is 13.2. The molecule has 6 nitrogen and oxygen atoms in total. The van der Waals surface area contributed by atoms with Gasteiger partial charge in [0.2, 0.25) is 5.91 Å². The van der Waals surface area contributed by atoms with E-state index >= 15 is 0 Å². The first-order chi connectivity index (χ1) is 11.0. The molecule has 0 spiro atoms. The number of hydrogen-bond donors (Lipinski definition) is 3. The molecule has 2 amide bonds. The van der Waals surface area contributed by atoms with Crippen molar-refractivity contribution in [2.24, 2.45) is 11.8 Å². The van der Waals surface area contributed by atoms with Crippen LogP contribution in [0.15, 0.2) is 24.3 Å². The highest BCUT2D eigenvalue weighted by Gasteiger charge is 2.48. The minimum absolute atomic E-state index is 0.101. The van der Waals surface area contributed by atoms with E-state index in [1.54, 1.807) is 24.3 Å². The van der Waals surface area contributed by atoms with Crippen molar-refractivity contribution in [2.45, 2.75) is 32.7 Å². The average molecular weight is 318 g/mol. The Bertz CT molecular complexity index is 583. The molecule has 1 fully saturated rings. The molecule has 1 aliphatic rings. The summed E-state index contributed by atoms with van der Waals surface area (Å²) in [5, 5.41) is 14.4. The van der Waals surface area contributed by atoms with Gasteiger partial charge in [0.1, 0.15) is 0 Å². The van der Waals surface area contributed by atoms with Crippen LogP contribution >= 0.6 is 0 Å². The molecule has 1 aliphatic carbocycles. The highest BCUT2D eigenvalue weighted by molar-refractivity contribution is 5.94. The number of unbranched alkanes of at least 4 members (excludes halogenated alkanes) is 1. The van der Waals surface area contributed by atoms with E-state index in [1.165, 1.54) is 0 Å². The third-order valence-corrected chi connectivity index (χ3v) is 3.94. The Morgan fingerprint density at radius 1 is 1.13 bits per heavy atom. The zero-order valence-corrected chi connectivity index (χ0v) is 13.2. The van der Waals surface area contributed by atoms with Crippen molar-refractivity contribution in [2.75, 3.05) is 6.54 Å². The monoisotopic (exact) mass is 318 g/mol. The summed E-state index contributed by atoms with van der Waals surface area (Å²) in [4.78, 5) is 34.4. The van der Waals surface area contributed by atoms with Crippen molar-refractivity contribution in [3.05, 3.63) is 35.4 Å². The van der Waals surface area contributed by atoms with Crippen LogP contribution in [0.4, 0.5) is 0 Å². The number of benzene rings is 1. The molecule has 6 heteroatoms. The standard InChI is InChI=1S/C17H22N2O4/c1-2-3-8-18-15(20)12-6-4-11(5-7-12)10-19-16(21)13-9-14(13)17(22)23/h4-7,13-14H,2-3,8-10H2,1H3,(H,18,20)(H,19,21)(H,22,23). The molecular formula is C17H22N2O4. The van der Waals surface area contributed by atoms with Gasteiger partial charge in [-0.25, -0.2) is 0 Å². The molecule has 0 heterocycles. The summed E-state index contributed by atoms with van der Waals surface area (Å²) in [6, 6.07) is 7.02. The van der Waals surface area contributed by atoms with Crippen molar-refractivity contribution in [3.63, 3.8) is 0 Å². The van der Waals surface area contributed by atoms with Crippen molar-refractivity contribution < 1.29 is 19.5 Å². The second kappa shape index (κ2) is 7.76. The number of carbonyl (C=O) groups is 3. The SMILES string of the molecule is CCCCNC(=O)c1ccc(CNC(=O)C2CC2C(=O)O)cc1. The fourth-order valence-electron chi connectivity index (χ4n) is 2.33. The maximum absolute atomic E-state index is 11.9. The number of hydrogen-bond acceptors (Lipinski definition) is 3. The van der Waals surface area contributed by atoms with Gasteiger partial charge in [-0.15, -0.1) is 0 Å². The molecule has 2 atom stereocenters. The summed E-state index contributed by atoms with van der Waals surface area (Å²) >= 11 is 0. The molecule has 2 rings (SSSR count). The Labute approximate surface area is 135 Å². The zero-order chi connectivity index (χ0) is 16.8. The maximum atomic E-state index is 11.9. The summed E-state index contributed by atoms with van der Waals surface area (Å²) in [7, 11) is 0. The molecule has 0 bridgehead atoms. The summed E-state index contributed by atoms with van der Waals surface area (Å²) in [5.41, 5.74) is 1.46. The topological polar surface area (TPSA) is 95.5 Å². The molecule has 1 saturated carbocycles. The van der Waals surface area contributed by atoms with Gasteiger partial charge in [-0.2, -0.15) is 0 Å². The van der Waals surface area contributed by atoms with Gasteiger partial charge in [-0.05, 0) is 30.5 Å². The van der Waals surface area contributed by atoms with E-state index in [0.717, 1.165) is 18.4 Å². The molecule has 1 aromatic rings. The van der Waals surface area contributed by atoms with E-state index in [9.17, 15) is 14.4 Å². The molecule has 1 aromatic carbocycles. The Morgan fingerprint density at radius 2 is 1.83 bits per heavy atom. The van der Waals surface area contributed by atoms with Crippen molar-refractivity contribution >= 4 is 17.8 Å². The average Bonchev–Trinajstić information content (AvgIpc) is 3.34. The quantitative estimate of drug-likeness (QED) is 0.634. The maximum Gasteiger partial charge on any atom is 0.307 e. The van der Waals surface area contributed by atoms with Gasteiger partial charge < -0.3 is 15.7 Å². The first kappa shape index (κ1) is 17.0. The third-order valence-electron chi connectivity index (χ3n) is 3.94. The molecule has 23 heavy (non-hydrogen) atoms. The van der Waals surface area contributed by atoms with Crippen LogP contribution in [0.1, 0.15) is 42.1 Å². The van der Waals surface area contributed by atoms with Gasteiger partial charge in [0, 0.05) is 18.7 Å². The summed E-state index contributed by atoms with van der Waals surface area (Å²) in [5.74, 6) is -2.18. The first-order valence-electron chi connectivity index (χ1n) is 7.90. The lowest BCUT2D eigenvalue weighted by atomic mass is 10.1. The molecule has 3 N–H and O–H groups in total. The highest BCUT2D eigenvalue weighted by Crippen LogP contribution is 2.38. The number of rotatable bonds is 8. The largest absolute Gasteiger partial charge is 0.481 e. The first-order valence-corrected chi connectivity index (χ1v) is 7.90. The number of aliphatic carboxylic acids is 1. The number of carboxylic acid groups (broad SMARTS) is 1. The normalized spacial score (nSPS) is 19.0. The highest BCUT2D eigenvalue weighted by atomic mass is 16.4. The fourth-order valence-corrected chi connectivity index (χ4v) is 2.33. The predicted molar refractivity (Wildman–Crippen MR) is 84.8 cm³/mol. The fraction of sp³-hybridized carbons (Fsp3) is 0.471. The van der Waals surface area contributed by atoms with Crippen LogP contribution in [-0.4, -0.2) is 29.4 Å². The molecule has 124 valence electrons. The molecule has 0 aromatic heterocycles. The Hall–Kier alpha value is -2.37. The van der Waals surface area contributed by atoms with Gasteiger partial charge >= 0.3 is 5.97 Å². The van der Waals surface area contributed by atoms with E-state index in [0.29, 0.717) is 25.1 Å². The van der Waals surface area contributed by atoms with Crippen LogP contribution in [0.2, 0.25) is 0 Å². The third kappa shape index (κ3) is 4.81. The van der Waals surface area contributed by atoms with Crippen LogP contribution in [0.25, 0.3) is 0 Å². The van der Waals surface area contributed by atoms with E-state index in [1.807, 2.05) is 0 Å². The van der Waals surface area contributed by atoms with E-state index in [2.05, 4.69) is 17.6 Å². The number of carbonyl (C=O) groups excluding carboxylic acids is 2. The van der Waals surface area contributed by atoms with Crippen LogP contribution in [0.3, 0.4) is 0 Å². The molecular weight excluding hydrogens is 296 g/mol. The Morgan fingerprint density at radius 3 is 2.39 bits per heavy atom. The van der Waals surface area contributed by atoms with Gasteiger partial charge in [-0.3, -0.25) is 14.4 Å². The molecule has 2 unspecified atom stereocenters. The van der Waals surface area contributed by atoms with E-state index in [4.69, 9.17) is 5.11 Å². The second-order valence-corrected chi connectivity index (χ2v) is 5.81. The summed E-state index contributed by atoms with van der Waals surface area (Å²) in [6.45, 7) is 3.06. The van der Waals surface area contributed by atoms with Gasteiger partial charge in [0.15, 0.2) is 0 Å². The van der Waals surface area contributed by atoms with E-state index < -0.39 is 17.8 Å². The van der Waals surface area contributed by atoms with Crippen molar-refractivity contribution in [1.82, 2.24) is 10.6 Å². The van der Waals surface area contributed by atoms with E-state index in [-0.39, 0.29) is 11.8 Å². The van der Waals surface area contributed by atoms with Crippen molar-refractivity contribution in [3.8, 4) is 0 Å². The second-order valence-electron chi connectivity index (χ2n) is 5.81. The summed E-state index contributed by atoms with van der Waals surface area (Å²) in [6.07, 6.45) is 2.40. The number of carboxylic acids is 1. The number of amides is 2. The van der Waals surface area contributed by atoms with Gasteiger partial charge in [0.25, 0.3) is 5.91 Å².